The van der Waals surface area contributed by atoms with Crippen LogP contribution < -0.4 is 5.32 Å². The number of aliphatic hydroxyl groups excluding tert-OH is 1. The Morgan fingerprint density at radius 2 is 2.16 bits per heavy atom. The number of amides is 1. The molecule has 2 aromatic rings. The zero-order valence-corrected chi connectivity index (χ0v) is 19.5. The Labute approximate surface area is 190 Å². The second kappa shape index (κ2) is 11.0. The fourth-order valence-corrected chi connectivity index (χ4v) is 5.11. The number of benzene rings is 1. The van der Waals surface area contributed by atoms with Crippen molar-refractivity contribution in [3.63, 3.8) is 0 Å². The molecule has 3 rings (SSSR count). The molecule has 32 heavy (non-hydrogen) atoms. The molecular weight excluding hydrogens is 456 g/mol. The van der Waals surface area contributed by atoms with Crippen LogP contribution in [0.5, 0.6) is 0 Å². The molecule has 12 heteroatoms. The lowest BCUT2D eigenvalue weighted by molar-refractivity contribution is -0.110. The van der Waals surface area contributed by atoms with Crippen molar-refractivity contribution in [2.45, 2.75) is 31.3 Å². The van der Waals surface area contributed by atoms with E-state index in [1.807, 2.05) is 6.92 Å². The molecule has 10 nitrogen and oxygen atoms in total. The van der Waals surface area contributed by atoms with Crippen LogP contribution in [0.2, 0.25) is 0 Å². The Kier molecular flexibility index (Phi) is 8.32. The zero-order valence-electron chi connectivity index (χ0n) is 17.9. The van der Waals surface area contributed by atoms with Crippen LogP contribution in [-0.2, 0) is 24.4 Å². The number of thiazole rings is 1. The molecule has 1 atom stereocenters. The first kappa shape index (κ1) is 24.3. The number of sulfonamides is 1. The molecule has 0 bridgehead atoms. The van der Waals surface area contributed by atoms with Gasteiger partial charge >= 0.3 is 0 Å². The smallest absolute Gasteiger partial charge is 0.280 e. The normalized spacial score (nSPS) is 17.0. The van der Waals surface area contributed by atoms with E-state index in [2.05, 4.69) is 15.5 Å². The number of carbonyl (C=O) groups is 1. The second-order valence-electron chi connectivity index (χ2n) is 7.01. The topological polar surface area (TPSA) is 130 Å². The molecule has 1 aromatic carbocycles. The largest absolute Gasteiger partial charge is 0.395 e. The summed E-state index contributed by atoms with van der Waals surface area (Å²) in [7, 11) is -3.77. The number of nitrogens with zero attached hydrogens (tertiary/aromatic N) is 3. The van der Waals surface area contributed by atoms with Crippen molar-refractivity contribution < 1.29 is 27.9 Å². The third-order valence-corrected chi connectivity index (χ3v) is 7.52. The predicted molar refractivity (Wildman–Crippen MR) is 120 cm³/mol. The molecule has 2 N–H and O–H groups in total. The van der Waals surface area contributed by atoms with Crippen LogP contribution in [-0.4, -0.2) is 73.4 Å². The number of hydrogen-bond donors (Lipinski definition) is 2. The summed E-state index contributed by atoms with van der Waals surface area (Å²) in [6.45, 7) is 4.47. The Morgan fingerprint density at radius 1 is 1.41 bits per heavy atom. The lowest BCUT2D eigenvalue weighted by atomic mass is 10.1. The molecule has 174 valence electrons. The van der Waals surface area contributed by atoms with E-state index in [1.165, 1.54) is 39.9 Å². The molecule has 1 aliphatic heterocycles. The van der Waals surface area contributed by atoms with Crippen LogP contribution in [0.1, 0.15) is 23.8 Å². The second-order valence-corrected chi connectivity index (χ2v) is 10.2. The summed E-state index contributed by atoms with van der Waals surface area (Å²) in [6.07, 6.45) is 2.06. The first-order chi connectivity index (χ1) is 15.3. The van der Waals surface area contributed by atoms with E-state index < -0.39 is 15.9 Å². The number of aryl methyl sites for hydroxylation is 1. The third kappa shape index (κ3) is 5.90. The molecule has 0 radical (unpaired) electrons. The molecule has 1 aliphatic rings. The minimum absolute atomic E-state index is 0.000227. The van der Waals surface area contributed by atoms with E-state index in [0.29, 0.717) is 30.3 Å². The third-order valence-electron chi connectivity index (χ3n) is 4.71. The van der Waals surface area contributed by atoms with E-state index in [9.17, 15) is 13.2 Å². The fourth-order valence-electron chi connectivity index (χ4n) is 3.01. The van der Waals surface area contributed by atoms with E-state index in [0.717, 1.165) is 4.88 Å². The zero-order chi connectivity index (χ0) is 23.1. The maximum Gasteiger partial charge on any atom is 0.280 e. The Hall–Kier alpha value is -2.38. The average molecular weight is 483 g/mol. The Balaban J connectivity index is 1.86. The highest BCUT2D eigenvalue weighted by atomic mass is 32.2. The number of rotatable bonds is 10. The molecule has 2 heterocycles. The maximum atomic E-state index is 12.9. The van der Waals surface area contributed by atoms with Crippen molar-refractivity contribution in [1.29, 1.82) is 0 Å². The monoisotopic (exact) mass is 482 g/mol. The molecule has 1 aromatic heterocycles. The van der Waals surface area contributed by atoms with Crippen molar-refractivity contribution in [3.8, 4) is 0 Å². The standard InChI is InChI=1S/C20H26N4O6S2/c1-3-24(9-10-25)32(27,28)17-6-4-15(5-7-17)18(23-30-16-8-11-29-13-16)19(26)22-20-21-12-14(2)31-20/h4-7,12,16,25H,3,8-11,13H2,1-2H3,(H,21,22,26)/b23-18+/t16-/m1/s1. The first-order valence-electron chi connectivity index (χ1n) is 10.1. The van der Waals surface area contributed by atoms with Gasteiger partial charge in [0, 0.05) is 36.1 Å². The van der Waals surface area contributed by atoms with Crippen LogP contribution in [0.4, 0.5) is 5.13 Å². The van der Waals surface area contributed by atoms with Crippen molar-refractivity contribution in [1.82, 2.24) is 9.29 Å². The van der Waals surface area contributed by atoms with Gasteiger partial charge in [0.1, 0.15) is 0 Å². The van der Waals surface area contributed by atoms with Crippen molar-refractivity contribution in [2.24, 2.45) is 5.16 Å². The molecule has 0 spiro atoms. The highest BCUT2D eigenvalue weighted by Crippen LogP contribution is 2.20. The first-order valence-corrected chi connectivity index (χ1v) is 12.4. The van der Waals surface area contributed by atoms with Gasteiger partial charge in [-0.05, 0) is 19.1 Å². The van der Waals surface area contributed by atoms with Gasteiger partial charge in [0.15, 0.2) is 16.9 Å². The number of hydrogen-bond acceptors (Lipinski definition) is 9. The minimum atomic E-state index is -3.77. The molecule has 1 amide bonds. The van der Waals surface area contributed by atoms with Crippen molar-refractivity contribution >= 4 is 38.1 Å². The predicted octanol–water partition coefficient (Wildman–Crippen LogP) is 1.60. The van der Waals surface area contributed by atoms with Crippen LogP contribution in [0.3, 0.4) is 0 Å². The fraction of sp³-hybridized carbons (Fsp3) is 0.450. The summed E-state index contributed by atoms with van der Waals surface area (Å²) >= 11 is 1.32. The van der Waals surface area contributed by atoms with E-state index >= 15 is 0 Å². The average Bonchev–Trinajstić information content (AvgIpc) is 3.44. The van der Waals surface area contributed by atoms with Crippen LogP contribution in [0, 0.1) is 6.92 Å². The van der Waals surface area contributed by atoms with Crippen LogP contribution in [0.25, 0.3) is 0 Å². The van der Waals surface area contributed by atoms with Crippen LogP contribution >= 0.6 is 11.3 Å². The van der Waals surface area contributed by atoms with Gasteiger partial charge in [0.05, 0.1) is 24.7 Å². The van der Waals surface area contributed by atoms with E-state index in [-0.39, 0.29) is 36.4 Å². The van der Waals surface area contributed by atoms with E-state index in [1.54, 1.807) is 13.1 Å². The number of likely N-dealkylation sites (N-methyl/N-ethyl adjacent to an activating group) is 1. The number of ether oxygens (including phenoxy) is 1. The molecule has 1 saturated heterocycles. The molecule has 0 aliphatic carbocycles. The van der Waals surface area contributed by atoms with E-state index in [4.69, 9.17) is 14.7 Å². The number of oxime groups is 1. The highest BCUT2D eigenvalue weighted by Gasteiger charge is 2.24. The summed E-state index contributed by atoms with van der Waals surface area (Å²) in [5.74, 6) is -0.524. The van der Waals surface area contributed by atoms with Gasteiger partial charge in [-0.3, -0.25) is 10.1 Å². The molecule has 1 fully saturated rings. The van der Waals surface area contributed by atoms with Gasteiger partial charge in [-0.2, -0.15) is 4.31 Å². The number of carbonyl (C=O) groups excluding carboxylic acids is 1. The lowest BCUT2D eigenvalue weighted by Gasteiger charge is -2.19. The highest BCUT2D eigenvalue weighted by molar-refractivity contribution is 7.89. The van der Waals surface area contributed by atoms with Gasteiger partial charge in [0.25, 0.3) is 5.91 Å². The minimum Gasteiger partial charge on any atom is -0.395 e. The number of anilines is 1. The molecular formula is C20H26N4O6S2. The SMILES string of the molecule is CCN(CCO)S(=O)(=O)c1ccc(/C(=N\O[C@@H]2CCOC2)C(=O)Nc2ncc(C)s2)cc1. The quantitative estimate of drug-likeness (QED) is 0.388. The Morgan fingerprint density at radius 3 is 2.72 bits per heavy atom. The van der Waals surface area contributed by atoms with Crippen LogP contribution in [0.15, 0.2) is 40.5 Å². The summed E-state index contributed by atoms with van der Waals surface area (Å²) in [5.41, 5.74) is 0.384. The number of aliphatic hydroxyl groups is 1. The van der Waals surface area contributed by atoms with Gasteiger partial charge < -0.3 is 14.7 Å². The molecule has 0 saturated carbocycles. The Bertz CT molecular complexity index is 1050. The molecule has 0 unspecified atom stereocenters. The number of nitrogens with one attached hydrogen (secondary N) is 1. The summed E-state index contributed by atoms with van der Waals surface area (Å²) in [4.78, 5) is 23.5. The summed E-state index contributed by atoms with van der Waals surface area (Å²) in [6, 6.07) is 5.80. The van der Waals surface area contributed by atoms with Crippen molar-refractivity contribution in [3.05, 3.63) is 40.9 Å². The van der Waals surface area contributed by atoms with Gasteiger partial charge in [-0.15, -0.1) is 11.3 Å². The van der Waals surface area contributed by atoms with Gasteiger partial charge in [-0.25, -0.2) is 13.4 Å². The van der Waals surface area contributed by atoms with Crippen molar-refractivity contribution in [2.75, 3.05) is 38.2 Å². The van der Waals surface area contributed by atoms with Gasteiger partial charge in [-0.1, -0.05) is 24.2 Å². The maximum absolute atomic E-state index is 12.9. The van der Waals surface area contributed by atoms with Gasteiger partial charge in [0.2, 0.25) is 10.0 Å². The number of aromatic nitrogens is 1. The lowest BCUT2D eigenvalue weighted by Crippen LogP contribution is -2.33. The summed E-state index contributed by atoms with van der Waals surface area (Å²) in [5, 5.41) is 16.3. The summed E-state index contributed by atoms with van der Waals surface area (Å²) < 4.78 is 32.0.